The second-order valence-corrected chi connectivity index (χ2v) is 7.05. The van der Waals surface area contributed by atoms with Crippen LogP contribution < -0.4 is 10.5 Å². The number of nitrogens with one attached hydrogen (secondary N) is 1. The number of sulfonamides is 1. The number of nitrogen functional groups attached to an aromatic ring is 1. The van der Waals surface area contributed by atoms with Crippen molar-refractivity contribution in [1.29, 1.82) is 0 Å². The molecule has 2 aromatic carbocycles. The molecule has 0 aliphatic heterocycles. The lowest BCUT2D eigenvalue weighted by Gasteiger charge is -2.26. The molecule has 0 heterocycles. The van der Waals surface area contributed by atoms with Gasteiger partial charge in [0, 0.05) is 11.7 Å². The molecule has 21 heavy (non-hydrogen) atoms. The van der Waals surface area contributed by atoms with Gasteiger partial charge in [0.15, 0.2) is 0 Å². The third-order valence-corrected chi connectivity index (χ3v) is 5.30. The summed E-state index contributed by atoms with van der Waals surface area (Å²) in [5.41, 5.74) is 8.42. The van der Waals surface area contributed by atoms with Gasteiger partial charge >= 0.3 is 0 Å². The van der Waals surface area contributed by atoms with E-state index < -0.39 is 10.0 Å². The summed E-state index contributed by atoms with van der Waals surface area (Å²) in [5.74, 6) is 0. The van der Waals surface area contributed by atoms with Gasteiger partial charge in [-0.25, -0.2) is 13.1 Å². The fraction of sp³-hybridized carbons (Fsp3) is 0.250. The zero-order chi connectivity index (χ0) is 14.9. The van der Waals surface area contributed by atoms with Gasteiger partial charge in [0.25, 0.3) is 0 Å². The van der Waals surface area contributed by atoms with E-state index in [1.807, 2.05) is 18.2 Å². The molecule has 1 unspecified atom stereocenters. The molecule has 0 saturated carbocycles. The molecule has 0 aromatic heterocycles. The molecule has 4 nitrogen and oxygen atoms in total. The van der Waals surface area contributed by atoms with Crippen LogP contribution in [0, 0.1) is 0 Å². The van der Waals surface area contributed by atoms with Crippen molar-refractivity contribution in [2.24, 2.45) is 0 Å². The first-order chi connectivity index (χ1) is 10.1. The molecule has 1 aliphatic carbocycles. The minimum atomic E-state index is -3.56. The lowest BCUT2D eigenvalue weighted by atomic mass is 9.88. The Bertz CT molecular complexity index is 756. The second-order valence-electron chi connectivity index (χ2n) is 5.34. The van der Waals surface area contributed by atoms with Crippen molar-refractivity contribution < 1.29 is 8.42 Å². The van der Waals surface area contributed by atoms with Crippen molar-refractivity contribution >= 4 is 15.7 Å². The van der Waals surface area contributed by atoms with Crippen molar-refractivity contribution in [3.63, 3.8) is 0 Å². The summed E-state index contributed by atoms with van der Waals surface area (Å²) >= 11 is 0. The van der Waals surface area contributed by atoms with E-state index >= 15 is 0 Å². The van der Waals surface area contributed by atoms with Gasteiger partial charge in [-0.3, -0.25) is 0 Å². The van der Waals surface area contributed by atoms with Gasteiger partial charge in [-0.05, 0) is 48.6 Å². The van der Waals surface area contributed by atoms with Crippen molar-refractivity contribution in [1.82, 2.24) is 4.72 Å². The van der Waals surface area contributed by atoms with E-state index in [2.05, 4.69) is 10.8 Å². The van der Waals surface area contributed by atoms with E-state index in [9.17, 15) is 8.42 Å². The minimum Gasteiger partial charge on any atom is -0.399 e. The number of rotatable bonds is 3. The Hall–Kier alpha value is -1.85. The van der Waals surface area contributed by atoms with Crippen LogP contribution in [-0.2, 0) is 16.4 Å². The topological polar surface area (TPSA) is 72.2 Å². The summed E-state index contributed by atoms with van der Waals surface area (Å²) in [4.78, 5) is 0.213. The fourth-order valence-corrected chi connectivity index (χ4v) is 4.12. The summed E-state index contributed by atoms with van der Waals surface area (Å²) in [7, 11) is -3.56. The smallest absolute Gasteiger partial charge is 0.241 e. The van der Waals surface area contributed by atoms with E-state index in [0.29, 0.717) is 5.69 Å². The van der Waals surface area contributed by atoms with Crippen LogP contribution in [0.2, 0.25) is 0 Å². The molecule has 0 bridgehead atoms. The van der Waals surface area contributed by atoms with Gasteiger partial charge in [-0.1, -0.05) is 30.3 Å². The van der Waals surface area contributed by atoms with Gasteiger partial charge in [0.2, 0.25) is 10.0 Å². The van der Waals surface area contributed by atoms with Crippen molar-refractivity contribution in [2.45, 2.75) is 30.2 Å². The molecule has 2 aromatic rings. The molecule has 3 rings (SSSR count). The van der Waals surface area contributed by atoms with Crippen molar-refractivity contribution in [3.05, 3.63) is 59.7 Å². The van der Waals surface area contributed by atoms with Crippen LogP contribution in [0.25, 0.3) is 0 Å². The molecule has 0 amide bonds. The number of fused-ring (bicyclic) bond motifs is 1. The van der Waals surface area contributed by atoms with E-state index in [1.54, 1.807) is 18.2 Å². The van der Waals surface area contributed by atoms with Gasteiger partial charge in [-0.15, -0.1) is 0 Å². The Labute approximate surface area is 125 Å². The fourth-order valence-electron chi connectivity index (χ4n) is 2.81. The number of hydrogen-bond donors (Lipinski definition) is 2. The van der Waals surface area contributed by atoms with Gasteiger partial charge in [0.05, 0.1) is 4.90 Å². The molecule has 1 aliphatic rings. The standard InChI is InChI=1S/C16H18N2O2S/c17-13-7-4-8-14(11-13)21(19,20)18-16-10-3-6-12-5-1-2-9-15(12)16/h1-2,4-5,7-9,11,16,18H,3,6,10,17H2. The predicted molar refractivity (Wildman–Crippen MR) is 83.3 cm³/mol. The third-order valence-electron chi connectivity index (χ3n) is 3.84. The molecular formula is C16H18N2O2S. The highest BCUT2D eigenvalue weighted by Gasteiger charge is 2.25. The first kappa shape index (κ1) is 14.1. The number of benzene rings is 2. The molecule has 0 spiro atoms. The average Bonchev–Trinajstić information content (AvgIpc) is 2.47. The van der Waals surface area contributed by atoms with Gasteiger partial charge in [0.1, 0.15) is 0 Å². The van der Waals surface area contributed by atoms with Crippen molar-refractivity contribution in [3.8, 4) is 0 Å². The number of nitrogens with two attached hydrogens (primary N) is 1. The van der Waals surface area contributed by atoms with Crippen LogP contribution in [0.15, 0.2) is 53.4 Å². The molecule has 110 valence electrons. The first-order valence-electron chi connectivity index (χ1n) is 7.02. The van der Waals surface area contributed by atoms with E-state index in [0.717, 1.165) is 24.8 Å². The zero-order valence-electron chi connectivity index (χ0n) is 11.6. The third kappa shape index (κ3) is 2.94. The molecule has 0 fully saturated rings. The average molecular weight is 302 g/mol. The summed E-state index contributed by atoms with van der Waals surface area (Å²) in [5, 5.41) is 0. The number of hydrogen-bond acceptors (Lipinski definition) is 3. The maximum atomic E-state index is 12.5. The quantitative estimate of drug-likeness (QED) is 0.856. The highest BCUT2D eigenvalue weighted by molar-refractivity contribution is 7.89. The highest BCUT2D eigenvalue weighted by Crippen LogP contribution is 2.30. The minimum absolute atomic E-state index is 0.165. The normalized spacial score (nSPS) is 18.2. The van der Waals surface area contributed by atoms with E-state index in [-0.39, 0.29) is 10.9 Å². The maximum Gasteiger partial charge on any atom is 0.241 e. The van der Waals surface area contributed by atoms with E-state index in [1.165, 1.54) is 11.6 Å². The molecule has 0 saturated heterocycles. The van der Waals surface area contributed by atoms with Crippen LogP contribution in [0.5, 0.6) is 0 Å². The zero-order valence-corrected chi connectivity index (χ0v) is 12.4. The van der Waals surface area contributed by atoms with Crippen LogP contribution in [0.4, 0.5) is 5.69 Å². The maximum absolute atomic E-state index is 12.5. The largest absolute Gasteiger partial charge is 0.399 e. The Morgan fingerprint density at radius 3 is 2.71 bits per heavy atom. The summed E-state index contributed by atoms with van der Waals surface area (Å²) in [6.45, 7) is 0. The molecule has 5 heteroatoms. The van der Waals surface area contributed by atoms with Crippen LogP contribution in [0.1, 0.15) is 30.0 Å². The molecular weight excluding hydrogens is 284 g/mol. The number of aryl methyl sites for hydroxylation is 1. The molecule has 3 N–H and O–H groups in total. The monoisotopic (exact) mass is 302 g/mol. The molecule has 0 radical (unpaired) electrons. The lowest BCUT2D eigenvalue weighted by Crippen LogP contribution is -2.31. The van der Waals surface area contributed by atoms with E-state index in [4.69, 9.17) is 5.73 Å². The predicted octanol–water partition coefficient (Wildman–Crippen LogP) is 2.62. The SMILES string of the molecule is Nc1cccc(S(=O)(=O)NC2CCCc3ccccc32)c1. The Morgan fingerprint density at radius 1 is 1.10 bits per heavy atom. The van der Waals surface area contributed by atoms with Gasteiger partial charge in [-0.2, -0.15) is 0 Å². The Morgan fingerprint density at radius 2 is 1.90 bits per heavy atom. The Balaban J connectivity index is 1.90. The summed E-state index contributed by atoms with van der Waals surface area (Å²) < 4.78 is 27.8. The lowest BCUT2D eigenvalue weighted by molar-refractivity contribution is 0.507. The summed E-state index contributed by atoms with van der Waals surface area (Å²) in [6, 6.07) is 14.2. The number of anilines is 1. The van der Waals surface area contributed by atoms with Gasteiger partial charge < -0.3 is 5.73 Å². The van der Waals surface area contributed by atoms with Crippen LogP contribution in [-0.4, -0.2) is 8.42 Å². The Kier molecular flexibility index (Phi) is 3.69. The second kappa shape index (κ2) is 5.50. The molecule has 1 atom stereocenters. The van der Waals surface area contributed by atoms with Crippen molar-refractivity contribution in [2.75, 3.05) is 5.73 Å². The first-order valence-corrected chi connectivity index (χ1v) is 8.50. The summed E-state index contributed by atoms with van der Waals surface area (Å²) in [6.07, 6.45) is 2.81. The van der Waals surface area contributed by atoms with Crippen LogP contribution in [0.3, 0.4) is 0 Å². The van der Waals surface area contributed by atoms with Crippen LogP contribution >= 0.6 is 0 Å². The highest BCUT2D eigenvalue weighted by atomic mass is 32.2.